The lowest BCUT2D eigenvalue weighted by atomic mass is 9.97. The molecule has 3 heterocycles. The summed E-state index contributed by atoms with van der Waals surface area (Å²) in [6.07, 6.45) is -9.24. The number of fused-ring (bicyclic) bond motifs is 1. The number of hydrogen-bond acceptors (Lipinski definition) is 6. The molecule has 1 saturated heterocycles. The van der Waals surface area contributed by atoms with Gasteiger partial charge in [-0.25, -0.2) is 27.9 Å². The van der Waals surface area contributed by atoms with E-state index in [1.54, 1.807) is 20.8 Å². The third-order valence-electron chi connectivity index (χ3n) is 6.64. The van der Waals surface area contributed by atoms with Crippen LogP contribution in [0.25, 0.3) is 0 Å². The number of piperidine rings is 1. The average Bonchev–Trinajstić information content (AvgIpc) is 2.78. The smallest absolute Gasteiger partial charge is 0.433 e. The molecule has 3 rings (SSSR count). The number of amides is 2. The van der Waals surface area contributed by atoms with E-state index in [4.69, 9.17) is 0 Å². The molecule has 0 bridgehead atoms. The first-order valence-corrected chi connectivity index (χ1v) is 12.0. The number of aromatic nitrogens is 2. The minimum absolute atomic E-state index is 0.0778. The number of carbonyl (C=O) groups is 2. The molecule has 2 N–H and O–H groups in total. The van der Waals surface area contributed by atoms with Gasteiger partial charge in [-0.3, -0.25) is 14.6 Å². The summed E-state index contributed by atoms with van der Waals surface area (Å²) in [5.41, 5.74) is -2.61. The third kappa shape index (κ3) is 6.84. The number of halogens is 6. The zero-order chi connectivity index (χ0) is 28.6. The predicted octanol–water partition coefficient (Wildman–Crippen LogP) is 3.44. The van der Waals surface area contributed by atoms with E-state index in [1.807, 2.05) is 0 Å². The van der Waals surface area contributed by atoms with E-state index in [2.05, 4.69) is 9.97 Å². The molecule has 9 nitrogen and oxygen atoms in total. The maximum absolute atomic E-state index is 14.0. The highest BCUT2D eigenvalue weighted by atomic mass is 19.4. The Labute approximate surface area is 215 Å². The van der Waals surface area contributed by atoms with Gasteiger partial charge in [0.2, 0.25) is 5.91 Å². The Morgan fingerprint density at radius 2 is 1.84 bits per heavy atom. The Bertz CT molecular complexity index is 1050. The van der Waals surface area contributed by atoms with Gasteiger partial charge in [-0.1, -0.05) is 0 Å². The van der Waals surface area contributed by atoms with Crippen LogP contribution in [0, 0.1) is 0 Å². The summed E-state index contributed by atoms with van der Waals surface area (Å²) >= 11 is 0. The van der Waals surface area contributed by atoms with E-state index >= 15 is 0 Å². The summed E-state index contributed by atoms with van der Waals surface area (Å²) in [6, 6.07) is -1.13. The summed E-state index contributed by atoms with van der Waals surface area (Å²) in [6.45, 7) is 1.70. The molecule has 1 unspecified atom stereocenters. The van der Waals surface area contributed by atoms with Crippen LogP contribution in [-0.4, -0.2) is 90.2 Å². The minimum atomic E-state index is -4.83. The second kappa shape index (κ2) is 10.8. The van der Waals surface area contributed by atoms with Gasteiger partial charge in [0.05, 0.1) is 18.3 Å². The number of alkyl halides is 6. The molecule has 1 aromatic rings. The van der Waals surface area contributed by atoms with Gasteiger partial charge < -0.3 is 15.1 Å². The van der Waals surface area contributed by atoms with Crippen molar-refractivity contribution in [3.63, 3.8) is 0 Å². The topological polar surface area (TPSA) is 110 Å². The molecule has 2 amide bonds. The fraction of sp³-hybridized carbons (Fsp3) is 0.739. The molecule has 2 aliphatic rings. The van der Waals surface area contributed by atoms with Crippen molar-refractivity contribution in [2.45, 2.75) is 89.6 Å². The van der Waals surface area contributed by atoms with Crippen LogP contribution in [0.3, 0.4) is 0 Å². The standard InChI is InChI=1S/C23H31F6N5O4/c1-21(2,3)34(20(37)38)13(10-33-12-22(25,26)6-4-17(33)35)8-18(36)32-7-5-14-15(11-32)30-16(9-24)31-19(14)23(27,28)29/h13,18,36H,4-12H2,1-3H3,(H,37,38)/t13-,18?/m0/s1. The van der Waals surface area contributed by atoms with Crippen LogP contribution in [0.1, 0.15) is 62.8 Å². The molecule has 2 aliphatic heterocycles. The summed E-state index contributed by atoms with van der Waals surface area (Å²) in [5.74, 6) is -4.37. The van der Waals surface area contributed by atoms with Gasteiger partial charge in [0.1, 0.15) is 12.9 Å². The molecule has 2 atom stereocenters. The maximum Gasteiger partial charge on any atom is 0.433 e. The first-order chi connectivity index (χ1) is 17.4. The Balaban J connectivity index is 1.88. The third-order valence-corrected chi connectivity index (χ3v) is 6.64. The molecule has 38 heavy (non-hydrogen) atoms. The number of likely N-dealkylation sites (tertiary alicyclic amines) is 1. The normalized spacial score (nSPS) is 20.2. The monoisotopic (exact) mass is 555 g/mol. The predicted molar refractivity (Wildman–Crippen MR) is 121 cm³/mol. The summed E-state index contributed by atoms with van der Waals surface area (Å²) in [7, 11) is 0. The van der Waals surface area contributed by atoms with E-state index < -0.39 is 86.0 Å². The SMILES string of the molecule is CC(C)(C)N(C(=O)O)[C@@H](CC(O)N1CCc2c(nc(CF)nc2C(F)(F)F)C1)CN1CC(F)(F)CCC1=O. The first-order valence-electron chi connectivity index (χ1n) is 12.0. The maximum atomic E-state index is 14.0. The van der Waals surface area contributed by atoms with E-state index in [-0.39, 0.29) is 37.2 Å². The van der Waals surface area contributed by atoms with Gasteiger partial charge in [0.15, 0.2) is 11.5 Å². The minimum Gasteiger partial charge on any atom is -0.465 e. The Morgan fingerprint density at radius 3 is 2.39 bits per heavy atom. The van der Waals surface area contributed by atoms with Crippen LogP contribution in [0.15, 0.2) is 0 Å². The van der Waals surface area contributed by atoms with Crippen LogP contribution < -0.4 is 0 Å². The Morgan fingerprint density at radius 1 is 1.18 bits per heavy atom. The van der Waals surface area contributed by atoms with E-state index in [9.17, 15) is 46.1 Å². The van der Waals surface area contributed by atoms with Crippen molar-refractivity contribution in [1.29, 1.82) is 0 Å². The van der Waals surface area contributed by atoms with Gasteiger partial charge in [-0.05, 0) is 27.2 Å². The zero-order valence-corrected chi connectivity index (χ0v) is 21.2. The molecule has 1 fully saturated rings. The number of hydrogen-bond donors (Lipinski definition) is 2. The number of carboxylic acid groups (broad SMARTS) is 1. The van der Waals surface area contributed by atoms with Gasteiger partial charge in [-0.2, -0.15) is 13.2 Å². The molecule has 15 heteroatoms. The molecule has 214 valence electrons. The lowest BCUT2D eigenvalue weighted by molar-refractivity contribution is -0.149. The lowest BCUT2D eigenvalue weighted by Crippen LogP contribution is -2.59. The number of aliphatic hydroxyl groups is 1. The van der Waals surface area contributed by atoms with Crippen molar-refractivity contribution >= 4 is 12.0 Å². The molecule has 1 aromatic heterocycles. The fourth-order valence-corrected chi connectivity index (χ4v) is 5.01. The van der Waals surface area contributed by atoms with Crippen molar-refractivity contribution in [1.82, 2.24) is 24.7 Å². The Hall–Kier alpha value is -2.68. The zero-order valence-electron chi connectivity index (χ0n) is 21.2. The average molecular weight is 556 g/mol. The van der Waals surface area contributed by atoms with Gasteiger partial charge in [0, 0.05) is 50.0 Å². The van der Waals surface area contributed by atoms with Crippen LogP contribution >= 0.6 is 0 Å². The number of aliphatic hydroxyl groups excluding tert-OH is 1. The van der Waals surface area contributed by atoms with E-state index in [0.717, 1.165) is 9.80 Å². The molecule has 0 spiro atoms. The first kappa shape index (κ1) is 29.9. The largest absolute Gasteiger partial charge is 0.465 e. The van der Waals surface area contributed by atoms with Crippen LogP contribution in [0.2, 0.25) is 0 Å². The van der Waals surface area contributed by atoms with Crippen molar-refractivity contribution in [2.75, 3.05) is 19.6 Å². The molecular weight excluding hydrogens is 524 g/mol. The number of rotatable bonds is 7. The second-order valence-electron chi connectivity index (χ2n) is 10.6. The quantitative estimate of drug-likeness (QED) is 0.496. The highest BCUT2D eigenvalue weighted by Crippen LogP contribution is 2.35. The molecule has 0 saturated carbocycles. The molecule has 0 aliphatic carbocycles. The molecular formula is C23H31F6N5O4. The van der Waals surface area contributed by atoms with Crippen molar-refractivity contribution in [3.05, 3.63) is 22.8 Å². The van der Waals surface area contributed by atoms with Gasteiger partial charge in [0.25, 0.3) is 5.92 Å². The van der Waals surface area contributed by atoms with E-state index in [0.29, 0.717) is 0 Å². The van der Waals surface area contributed by atoms with Crippen molar-refractivity contribution in [2.24, 2.45) is 0 Å². The summed E-state index contributed by atoms with van der Waals surface area (Å²) < 4.78 is 81.7. The second-order valence-corrected chi connectivity index (χ2v) is 10.6. The van der Waals surface area contributed by atoms with Crippen LogP contribution in [0.5, 0.6) is 0 Å². The highest BCUT2D eigenvalue weighted by molar-refractivity contribution is 5.77. The summed E-state index contributed by atoms with van der Waals surface area (Å²) in [5, 5.41) is 21.0. The molecule has 0 radical (unpaired) electrons. The van der Waals surface area contributed by atoms with Crippen LogP contribution in [0.4, 0.5) is 31.1 Å². The summed E-state index contributed by atoms with van der Waals surface area (Å²) in [4.78, 5) is 34.9. The lowest BCUT2D eigenvalue weighted by Gasteiger charge is -2.44. The fourth-order valence-electron chi connectivity index (χ4n) is 5.01. The van der Waals surface area contributed by atoms with Gasteiger partial charge >= 0.3 is 12.3 Å². The Kier molecular flexibility index (Phi) is 8.51. The van der Waals surface area contributed by atoms with Crippen molar-refractivity contribution in [3.8, 4) is 0 Å². The number of carbonyl (C=O) groups excluding carboxylic acids is 1. The van der Waals surface area contributed by atoms with E-state index in [1.165, 1.54) is 4.90 Å². The van der Waals surface area contributed by atoms with Crippen molar-refractivity contribution < 1.29 is 46.1 Å². The van der Waals surface area contributed by atoms with Crippen LogP contribution in [-0.2, 0) is 30.6 Å². The molecule has 0 aromatic carbocycles. The van der Waals surface area contributed by atoms with Gasteiger partial charge in [-0.15, -0.1) is 0 Å². The number of nitrogens with zero attached hydrogens (tertiary/aromatic N) is 5. The highest BCUT2D eigenvalue weighted by Gasteiger charge is 2.44.